The third-order valence-electron chi connectivity index (χ3n) is 4.91. The average Bonchev–Trinajstić information content (AvgIpc) is 3.16. The van der Waals surface area contributed by atoms with E-state index in [1.165, 1.54) is 6.20 Å². The van der Waals surface area contributed by atoms with E-state index in [0.29, 0.717) is 24.2 Å². The van der Waals surface area contributed by atoms with Gasteiger partial charge in [0.2, 0.25) is 10.0 Å². The molecule has 1 N–H and O–H groups in total. The molecule has 1 aliphatic rings. The fourth-order valence-corrected chi connectivity index (χ4v) is 4.52. The minimum absolute atomic E-state index is 0.00751. The molecule has 0 radical (unpaired) electrons. The van der Waals surface area contributed by atoms with Gasteiger partial charge in [-0.2, -0.15) is 0 Å². The van der Waals surface area contributed by atoms with Gasteiger partial charge in [0, 0.05) is 24.6 Å². The highest BCUT2D eigenvalue weighted by molar-refractivity contribution is 7.92. The standard InChI is InChI=1S/C22H21N3O3S/c26-22(19-7-4-12-23-16-19)25-13-10-18-8-9-20(15-21(18)25)24-29(27,28)14-11-17-5-2-1-3-6-17/h1-9,12,15-16,24H,10-11,13-14H2. The highest BCUT2D eigenvalue weighted by atomic mass is 32.2. The molecular weight excluding hydrogens is 386 g/mol. The Kier molecular flexibility index (Phi) is 5.31. The van der Waals surface area contributed by atoms with E-state index in [1.807, 2.05) is 36.4 Å². The van der Waals surface area contributed by atoms with E-state index in [0.717, 1.165) is 23.2 Å². The van der Waals surface area contributed by atoms with Crippen LogP contribution in [0.25, 0.3) is 0 Å². The molecule has 29 heavy (non-hydrogen) atoms. The number of aromatic nitrogens is 1. The van der Waals surface area contributed by atoms with Crippen LogP contribution in [0.5, 0.6) is 0 Å². The van der Waals surface area contributed by atoms with Gasteiger partial charge in [-0.25, -0.2) is 8.42 Å². The fraction of sp³-hybridized carbons (Fsp3) is 0.182. The molecule has 0 saturated carbocycles. The maximum absolute atomic E-state index is 12.8. The Morgan fingerprint density at radius 2 is 1.90 bits per heavy atom. The Morgan fingerprint density at radius 3 is 2.66 bits per heavy atom. The second-order valence-corrected chi connectivity index (χ2v) is 8.79. The molecule has 3 aromatic rings. The summed E-state index contributed by atoms with van der Waals surface area (Å²) in [5.74, 6) is -0.146. The van der Waals surface area contributed by atoms with E-state index in [9.17, 15) is 13.2 Å². The molecule has 1 aromatic heterocycles. The van der Waals surface area contributed by atoms with Crippen molar-refractivity contribution >= 4 is 27.3 Å². The number of hydrogen-bond donors (Lipinski definition) is 1. The summed E-state index contributed by atoms with van der Waals surface area (Å²) >= 11 is 0. The third-order valence-corrected chi connectivity index (χ3v) is 6.20. The van der Waals surface area contributed by atoms with Crippen molar-refractivity contribution in [1.29, 1.82) is 0 Å². The molecular formula is C22H21N3O3S. The van der Waals surface area contributed by atoms with E-state index < -0.39 is 10.0 Å². The number of nitrogens with zero attached hydrogens (tertiary/aromatic N) is 2. The van der Waals surface area contributed by atoms with Crippen LogP contribution in [0.2, 0.25) is 0 Å². The van der Waals surface area contributed by atoms with Gasteiger partial charge < -0.3 is 4.90 Å². The lowest BCUT2D eigenvalue weighted by Crippen LogP contribution is -2.29. The quantitative estimate of drug-likeness (QED) is 0.680. The lowest BCUT2D eigenvalue weighted by molar-refractivity contribution is 0.0989. The number of hydrogen-bond acceptors (Lipinski definition) is 4. The molecule has 0 spiro atoms. The summed E-state index contributed by atoms with van der Waals surface area (Å²) in [6, 6.07) is 18.3. The number of rotatable bonds is 6. The number of benzene rings is 2. The average molecular weight is 407 g/mol. The van der Waals surface area contributed by atoms with Crippen molar-refractivity contribution in [2.75, 3.05) is 21.9 Å². The topological polar surface area (TPSA) is 79.4 Å². The molecule has 1 amide bonds. The second kappa shape index (κ2) is 8.05. The van der Waals surface area contributed by atoms with E-state index in [-0.39, 0.29) is 11.7 Å². The van der Waals surface area contributed by atoms with Crippen molar-refractivity contribution < 1.29 is 13.2 Å². The SMILES string of the molecule is O=C(c1cccnc1)N1CCc2ccc(NS(=O)(=O)CCc3ccccc3)cc21. The first kappa shape index (κ1) is 19.1. The van der Waals surface area contributed by atoms with Crippen LogP contribution in [0.4, 0.5) is 11.4 Å². The van der Waals surface area contributed by atoms with Crippen LogP contribution in [0.15, 0.2) is 73.1 Å². The molecule has 2 heterocycles. The van der Waals surface area contributed by atoms with Crippen LogP contribution >= 0.6 is 0 Å². The monoisotopic (exact) mass is 407 g/mol. The molecule has 0 fully saturated rings. The van der Waals surface area contributed by atoms with Gasteiger partial charge in [0.25, 0.3) is 5.91 Å². The molecule has 1 aliphatic heterocycles. The predicted molar refractivity (Wildman–Crippen MR) is 114 cm³/mol. The van der Waals surface area contributed by atoms with Crippen LogP contribution in [0.3, 0.4) is 0 Å². The van der Waals surface area contributed by atoms with Gasteiger partial charge in [-0.15, -0.1) is 0 Å². The maximum atomic E-state index is 12.8. The first-order chi connectivity index (χ1) is 14.0. The van der Waals surface area contributed by atoms with E-state index in [2.05, 4.69) is 9.71 Å². The fourth-order valence-electron chi connectivity index (χ4n) is 3.43. The lowest BCUT2D eigenvalue weighted by Gasteiger charge is -2.18. The smallest absolute Gasteiger partial charge is 0.259 e. The number of fused-ring (bicyclic) bond motifs is 1. The van der Waals surface area contributed by atoms with Gasteiger partial charge in [0.15, 0.2) is 0 Å². The largest absolute Gasteiger partial charge is 0.308 e. The number of pyridine rings is 1. The molecule has 7 heteroatoms. The number of sulfonamides is 1. The van der Waals surface area contributed by atoms with Crippen LogP contribution in [0, 0.1) is 0 Å². The molecule has 148 valence electrons. The van der Waals surface area contributed by atoms with Gasteiger partial charge in [-0.1, -0.05) is 36.4 Å². The Balaban J connectivity index is 1.50. The summed E-state index contributed by atoms with van der Waals surface area (Å²) in [4.78, 5) is 18.5. The molecule has 6 nitrogen and oxygen atoms in total. The van der Waals surface area contributed by atoms with Crippen molar-refractivity contribution in [2.24, 2.45) is 0 Å². The molecule has 0 atom stereocenters. The van der Waals surface area contributed by atoms with Gasteiger partial charge in [0.05, 0.1) is 17.0 Å². The Morgan fingerprint density at radius 1 is 1.07 bits per heavy atom. The zero-order valence-electron chi connectivity index (χ0n) is 15.8. The first-order valence-electron chi connectivity index (χ1n) is 9.41. The van der Waals surface area contributed by atoms with Crippen molar-refractivity contribution in [3.63, 3.8) is 0 Å². The van der Waals surface area contributed by atoms with Crippen LogP contribution < -0.4 is 9.62 Å². The second-order valence-electron chi connectivity index (χ2n) is 6.95. The summed E-state index contributed by atoms with van der Waals surface area (Å²) in [5.41, 5.74) is 3.70. The van der Waals surface area contributed by atoms with Gasteiger partial charge in [-0.3, -0.25) is 14.5 Å². The zero-order chi connectivity index (χ0) is 20.3. The van der Waals surface area contributed by atoms with E-state index in [1.54, 1.807) is 35.4 Å². The number of nitrogens with one attached hydrogen (secondary N) is 1. The van der Waals surface area contributed by atoms with Gasteiger partial charge >= 0.3 is 0 Å². The molecule has 2 aromatic carbocycles. The molecule has 0 saturated heterocycles. The summed E-state index contributed by atoms with van der Waals surface area (Å²) in [5, 5.41) is 0. The van der Waals surface area contributed by atoms with Crippen molar-refractivity contribution in [1.82, 2.24) is 4.98 Å². The molecule has 4 rings (SSSR count). The third kappa shape index (κ3) is 4.46. The lowest BCUT2D eigenvalue weighted by atomic mass is 10.1. The zero-order valence-corrected chi connectivity index (χ0v) is 16.6. The summed E-state index contributed by atoms with van der Waals surface area (Å²) in [7, 11) is -3.50. The number of carbonyl (C=O) groups excluding carboxylic acids is 1. The number of carbonyl (C=O) groups is 1. The molecule has 0 bridgehead atoms. The Labute approximate surface area is 170 Å². The van der Waals surface area contributed by atoms with Gasteiger partial charge in [0.1, 0.15) is 0 Å². The van der Waals surface area contributed by atoms with Crippen molar-refractivity contribution in [3.8, 4) is 0 Å². The highest BCUT2D eigenvalue weighted by Gasteiger charge is 2.26. The molecule has 0 unspecified atom stereocenters. The van der Waals surface area contributed by atoms with Crippen LogP contribution in [0.1, 0.15) is 21.5 Å². The predicted octanol–water partition coefficient (Wildman–Crippen LogP) is 3.27. The van der Waals surface area contributed by atoms with Crippen LogP contribution in [-0.4, -0.2) is 31.6 Å². The van der Waals surface area contributed by atoms with E-state index >= 15 is 0 Å². The number of amides is 1. The minimum atomic E-state index is -3.50. The van der Waals surface area contributed by atoms with Crippen molar-refractivity contribution in [3.05, 3.63) is 89.7 Å². The van der Waals surface area contributed by atoms with Crippen molar-refractivity contribution in [2.45, 2.75) is 12.8 Å². The summed E-state index contributed by atoms with van der Waals surface area (Å²) < 4.78 is 27.7. The highest BCUT2D eigenvalue weighted by Crippen LogP contribution is 2.32. The summed E-state index contributed by atoms with van der Waals surface area (Å²) in [6.45, 7) is 0.563. The van der Waals surface area contributed by atoms with E-state index in [4.69, 9.17) is 0 Å². The summed E-state index contributed by atoms with van der Waals surface area (Å²) in [6.07, 6.45) is 4.34. The number of aryl methyl sites for hydroxylation is 1. The molecule has 0 aliphatic carbocycles. The van der Waals surface area contributed by atoms with Gasteiger partial charge in [-0.05, 0) is 48.2 Å². The maximum Gasteiger partial charge on any atom is 0.259 e. The van der Waals surface area contributed by atoms with Crippen LogP contribution in [-0.2, 0) is 22.9 Å². The number of anilines is 2. The Bertz CT molecular complexity index is 1120. The minimum Gasteiger partial charge on any atom is -0.308 e. The Hall–Kier alpha value is -3.19. The normalized spacial score (nSPS) is 13.2. The first-order valence-corrected chi connectivity index (χ1v) is 11.1.